The van der Waals surface area contributed by atoms with Gasteiger partial charge in [0.2, 0.25) is 11.7 Å². The molecular formula is C26H24FN3O3. The van der Waals surface area contributed by atoms with Crippen LogP contribution in [0.25, 0.3) is 11.4 Å². The fourth-order valence-corrected chi connectivity index (χ4v) is 3.60. The van der Waals surface area contributed by atoms with E-state index in [-0.39, 0.29) is 11.9 Å². The number of rotatable bonds is 8. The van der Waals surface area contributed by atoms with E-state index in [9.17, 15) is 9.18 Å². The molecule has 0 aliphatic heterocycles. The zero-order chi connectivity index (χ0) is 23.2. The molecule has 0 saturated carbocycles. The van der Waals surface area contributed by atoms with E-state index >= 15 is 0 Å². The van der Waals surface area contributed by atoms with E-state index in [0.717, 1.165) is 16.9 Å². The molecule has 1 atom stereocenters. The van der Waals surface area contributed by atoms with Gasteiger partial charge in [0.05, 0.1) is 13.2 Å². The van der Waals surface area contributed by atoms with Crippen molar-refractivity contribution in [1.29, 1.82) is 0 Å². The predicted octanol–water partition coefficient (Wildman–Crippen LogP) is 5.33. The van der Waals surface area contributed by atoms with Gasteiger partial charge in [0.25, 0.3) is 5.91 Å². The standard InChI is InChI=1S/C26H24FN3O3/c1-18(19-7-4-3-5-8-19)30(26(31)21-9-6-10-22(27)17-21)16-15-24-28-25(29-33-24)20-11-13-23(32-2)14-12-20/h3-14,17-18H,15-16H2,1-2H3/t18-/m0/s1. The Hall–Kier alpha value is -4.00. The zero-order valence-corrected chi connectivity index (χ0v) is 18.4. The average Bonchev–Trinajstić information content (AvgIpc) is 3.33. The Morgan fingerprint density at radius 1 is 1.06 bits per heavy atom. The summed E-state index contributed by atoms with van der Waals surface area (Å²) >= 11 is 0. The lowest BCUT2D eigenvalue weighted by atomic mass is 10.0. The van der Waals surface area contributed by atoms with Gasteiger partial charge in [-0.15, -0.1) is 0 Å². The lowest BCUT2D eigenvalue weighted by Crippen LogP contribution is -2.35. The molecule has 1 aromatic heterocycles. The van der Waals surface area contributed by atoms with Gasteiger partial charge in [-0.1, -0.05) is 41.6 Å². The molecule has 0 unspecified atom stereocenters. The molecule has 6 nitrogen and oxygen atoms in total. The van der Waals surface area contributed by atoms with Crippen LogP contribution in [0, 0.1) is 5.82 Å². The molecule has 3 aromatic carbocycles. The van der Waals surface area contributed by atoms with Crippen LogP contribution in [0.3, 0.4) is 0 Å². The number of amides is 1. The minimum Gasteiger partial charge on any atom is -0.497 e. The number of methoxy groups -OCH3 is 1. The maximum atomic E-state index is 13.8. The van der Waals surface area contributed by atoms with Crippen LogP contribution in [0.1, 0.15) is 34.8 Å². The van der Waals surface area contributed by atoms with Crippen molar-refractivity contribution in [2.75, 3.05) is 13.7 Å². The SMILES string of the molecule is COc1ccc(-c2noc(CCN(C(=O)c3cccc(F)c3)[C@@H](C)c3ccccc3)n2)cc1. The fourth-order valence-electron chi connectivity index (χ4n) is 3.60. The first kappa shape index (κ1) is 22.2. The van der Waals surface area contributed by atoms with Crippen LogP contribution in [0.4, 0.5) is 4.39 Å². The largest absolute Gasteiger partial charge is 0.497 e. The van der Waals surface area contributed by atoms with E-state index in [1.807, 2.05) is 61.5 Å². The molecule has 1 heterocycles. The molecule has 0 bridgehead atoms. The lowest BCUT2D eigenvalue weighted by Gasteiger charge is -2.29. The Labute approximate surface area is 191 Å². The maximum absolute atomic E-state index is 13.8. The van der Waals surface area contributed by atoms with Gasteiger partial charge in [-0.05, 0) is 55.0 Å². The summed E-state index contributed by atoms with van der Waals surface area (Å²) < 4.78 is 24.4. The van der Waals surface area contributed by atoms with E-state index in [2.05, 4.69) is 10.1 Å². The third-order valence-electron chi connectivity index (χ3n) is 5.46. The van der Waals surface area contributed by atoms with E-state index in [1.54, 1.807) is 18.1 Å². The molecule has 4 aromatic rings. The van der Waals surface area contributed by atoms with Crippen molar-refractivity contribution in [3.05, 3.63) is 102 Å². The topological polar surface area (TPSA) is 68.5 Å². The Bertz CT molecular complexity index is 1210. The predicted molar refractivity (Wildman–Crippen MR) is 122 cm³/mol. The first-order chi connectivity index (χ1) is 16.0. The minimum atomic E-state index is -0.450. The van der Waals surface area contributed by atoms with Gasteiger partial charge in [0.15, 0.2) is 0 Å². The van der Waals surface area contributed by atoms with Gasteiger partial charge in [-0.25, -0.2) is 4.39 Å². The highest BCUT2D eigenvalue weighted by molar-refractivity contribution is 5.94. The van der Waals surface area contributed by atoms with E-state index < -0.39 is 5.82 Å². The van der Waals surface area contributed by atoms with Crippen LogP contribution >= 0.6 is 0 Å². The number of aromatic nitrogens is 2. The summed E-state index contributed by atoms with van der Waals surface area (Å²) in [6, 6.07) is 22.6. The molecule has 0 fully saturated rings. The molecule has 0 aliphatic rings. The van der Waals surface area contributed by atoms with Crippen LogP contribution in [0.5, 0.6) is 5.75 Å². The second kappa shape index (κ2) is 10.1. The summed E-state index contributed by atoms with van der Waals surface area (Å²) in [6.07, 6.45) is 0.362. The Morgan fingerprint density at radius 3 is 2.52 bits per heavy atom. The Kier molecular flexibility index (Phi) is 6.78. The fraction of sp³-hybridized carbons (Fsp3) is 0.192. The molecule has 0 N–H and O–H groups in total. The number of carbonyl (C=O) groups is 1. The number of nitrogens with zero attached hydrogens (tertiary/aromatic N) is 3. The number of benzene rings is 3. The van der Waals surface area contributed by atoms with Crippen LogP contribution < -0.4 is 4.74 Å². The summed E-state index contributed by atoms with van der Waals surface area (Å²) in [6.45, 7) is 2.28. The van der Waals surface area contributed by atoms with E-state index in [1.165, 1.54) is 18.2 Å². The molecule has 0 spiro atoms. The van der Waals surface area contributed by atoms with Gasteiger partial charge in [0.1, 0.15) is 11.6 Å². The molecule has 33 heavy (non-hydrogen) atoms. The van der Waals surface area contributed by atoms with Gasteiger partial charge in [-0.3, -0.25) is 4.79 Å². The molecule has 4 rings (SSSR count). The summed E-state index contributed by atoms with van der Waals surface area (Å²) in [5.74, 6) is 0.906. The van der Waals surface area contributed by atoms with Crippen molar-refractivity contribution >= 4 is 5.91 Å². The molecule has 0 saturated heterocycles. The van der Waals surface area contributed by atoms with Crippen LogP contribution in [-0.4, -0.2) is 34.6 Å². The quantitative estimate of drug-likeness (QED) is 0.367. The van der Waals surface area contributed by atoms with Crippen molar-refractivity contribution in [3.8, 4) is 17.1 Å². The van der Waals surface area contributed by atoms with Crippen LogP contribution in [0.2, 0.25) is 0 Å². The number of halogens is 1. The van der Waals surface area contributed by atoms with Gasteiger partial charge >= 0.3 is 0 Å². The Morgan fingerprint density at radius 2 is 1.82 bits per heavy atom. The van der Waals surface area contributed by atoms with E-state index in [4.69, 9.17) is 9.26 Å². The third kappa shape index (κ3) is 5.26. The second-order valence-corrected chi connectivity index (χ2v) is 7.59. The number of carbonyl (C=O) groups excluding carboxylic acids is 1. The molecule has 7 heteroatoms. The molecule has 0 radical (unpaired) electrons. The maximum Gasteiger partial charge on any atom is 0.254 e. The normalized spacial score (nSPS) is 11.7. The van der Waals surface area contributed by atoms with Crippen molar-refractivity contribution in [2.45, 2.75) is 19.4 Å². The highest BCUT2D eigenvalue weighted by atomic mass is 19.1. The number of ether oxygens (including phenoxy) is 1. The van der Waals surface area contributed by atoms with Crippen molar-refractivity contribution in [2.24, 2.45) is 0 Å². The van der Waals surface area contributed by atoms with Crippen LogP contribution in [-0.2, 0) is 6.42 Å². The minimum absolute atomic E-state index is 0.231. The highest BCUT2D eigenvalue weighted by Crippen LogP contribution is 2.24. The highest BCUT2D eigenvalue weighted by Gasteiger charge is 2.24. The monoisotopic (exact) mass is 445 g/mol. The first-order valence-corrected chi connectivity index (χ1v) is 10.6. The summed E-state index contributed by atoms with van der Waals surface area (Å²) in [7, 11) is 1.61. The molecule has 1 amide bonds. The summed E-state index contributed by atoms with van der Waals surface area (Å²) in [4.78, 5) is 19.5. The van der Waals surface area contributed by atoms with Gasteiger partial charge in [0, 0.05) is 24.1 Å². The van der Waals surface area contributed by atoms with E-state index in [0.29, 0.717) is 30.2 Å². The van der Waals surface area contributed by atoms with Crippen molar-refractivity contribution in [1.82, 2.24) is 15.0 Å². The van der Waals surface area contributed by atoms with Crippen molar-refractivity contribution in [3.63, 3.8) is 0 Å². The van der Waals surface area contributed by atoms with Gasteiger partial charge in [-0.2, -0.15) is 4.98 Å². The Balaban J connectivity index is 1.54. The average molecular weight is 445 g/mol. The molecule has 168 valence electrons. The van der Waals surface area contributed by atoms with Crippen LogP contribution in [0.15, 0.2) is 83.4 Å². The first-order valence-electron chi connectivity index (χ1n) is 10.6. The van der Waals surface area contributed by atoms with Crippen molar-refractivity contribution < 1.29 is 18.4 Å². The zero-order valence-electron chi connectivity index (χ0n) is 18.4. The summed E-state index contributed by atoms with van der Waals surface area (Å²) in [5, 5.41) is 4.06. The van der Waals surface area contributed by atoms with Gasteiger partial charge < -0.3 is 14.2 Å². The second-order valence-electron chi connectivity index (χ2n) is 7.59. The smallest absolute Gasteiger partial charge is 0.254 e. The lowest BCUT2D eigenvalue weighted by molar-refractivity contribution is 0.0688. The molecule has 0 aliphatic carbocycles. The molecular weight excluding hydrogens is 421 g/mol. The number of hydrogen-bond donors (Lipinski definition) is 0. The summed E-state index contributed by atoms with van der Waals surface area (Å²) in [5.41, 5.74) is 2.07. The third-order valence-corrected chi connectivity index (χ3v) is 5.46. The number of hydrogen-bond acceptors (Lipinski definition) is 5.